The Morgan fingerprint density at radius 2 is 1.79 bits per heavy atom. The van der Waals surface area contributed by atoms with E-state index in [0.29, 0.717) is 16.8 Å². The molecule has 0 unspecified atom stereocenters. The molecule has 3 rings (SSSR count). The molecular formula is C24H24N2O7. The molecule has 9 nitrogen and oxygen atoms in total. The van der Waals surface area contributed by atoms with Gasteiger partial charge in [0.1, 0.15) is 0 Å². The van der Waals surface area contributed by atoms with Crippen LogP contribution in [0.2, 0.25) is 0 Å². The Kier molecular flexibility index (Phi) is 7.45. The highest BCUT2D eigenvalue weighted by Gasteiger charge is 2.19. The molecule has 0 aliphatic heterocycles. The first-order chi connectivity index (χ1) is 15.8. The smallest absolute Gasteiger partial charge is 0.337 e. The highest BCUT2D eigenvalue weighted by molar-refractivity contribution is 5.99. The first kappa shape index (κ1) is 23.5. The fraction of sp³-hybridized carbons (Fsp3) is 0.250. The summed E-state index contributed by atoms with van der Waals surface area (Å²) in [5.41, 5.74) is 3.13. The van der Waals surface area contributed by atoms with E-state index in [0.717, 1.165) is 11.4 Å². The molecule has 33 heavy (non-hydrogen) atoms. The average molecular weight is 452 g/mol. The van der Waals surface area contributed by atoms with E-state index in [9.17, 15) is 19.2 Å². The third-order valence-corrected chi connectivity index (χ3v) is 5.00. The number of carbonyl (C=O) groups is 4. The lowest BCUT2D eigenvalue weighted by molar-refractivity contribution is -0.142. The number of nitrogens with zero attached hydrogens (tertiary/aromatic N) is 1. The van der Waals surface area contributed by atoms with E-state index in [4.69, 9.17) is 13.9 Å². The van der Waals surface area contributed by atoms with Gasteiger partial charge in [-0.15, -0.1) is 0 Å². The number of hydrogen-bond acceptors (Lipinski definition) is 7. The van der Waals surface area contributed by atoms with Crippen molar-refractivity contribution in [2.45, 2.75) is 20.3 Å². The van der Waals surface area contributed by atoms with E-state index in [1.807, 2.05) is 11.5 Å². The number of carbonyl (C=O) groups excluding carboxylic acids is 4. The zero-order valence-electron chi connectivity index (χ0n) is 18.5. The summed E-state index contributed by atoms with van der Waals surface area (Å²) >= 11 is 0. The van der Waals surface area contributed by atoms with Gasteiger partial charge in [-0.2, -0.15) is 0 Å². The van der Waals surface area contributed by atoms with Gasteiger partial charge in [-0.25, -0.2) is 4.79 Å². The molecule has 1 amide bonds. The van der Waals surface area contributed by atoms with E-state index in [1.54, 1.807) is 43.3 Å². The Morgan fingerprint density at radius 1 is 1.06 bits per heavy atom. The number of rotatable bonds is 9. The topological polar surface area (TPSA) is 117 Å². The van der Waals surface area contributed by atoms with Crippen molar-refractivity contribution in [3.8, 4) is 5.69 Å². The summed E-state index contributed by atoms with van der Waals surface area (Å²) in [5.74, 6) is -1.66. The van der Waals surface area contributed by atoms with Crippen LogP contribution in [0.3, 0.4) is 0 Å². The Hall–Kier alpha value is -4.14. The number of benzene rings is 1. The summed E-state index contributed by atoms with van der Waals surface area (Å²) < 4.78 is 16.6. The van der Waals surface area contributed by atoms with Crippen LogP contribution in [0.4, 0.5) is 0 Å². The molecular weight excluding hydrogens is 428 g/mol. The molecule has 0 spiro atoms. The maximum Gasteiger partial charge on any atom is 0.337 e. The third-order valence-electron chi connectivity index (χ3n) is 5.00. The lowest BCUT2D eigenvalue weighted by atomic mass is 10.1. The molecule has 2 aromatic heterocycles. The SMILES string of the molecule is COC(=O)c1ccc(-n2c(C)cc(C(=O)COC(=O)CCNC(=O)c3ccco3)c2C)cc1. The van der Waals surface area contributed by atoms with Crippen molar-refractivity contribution < 1.29 is 33.1 Å². The van der Waals surface area contributed by atoms with Gasteiger partial charge >= 0.3 is 11.9 Å². The molecule has 172 valence electrons. The number of amides is 1. The summed E-state index contributed by atoms with van der Waals surface area (Å²) in [6.07, 6.45) is 1.30. The van der Waals surface area contributed by atoms with Gasteiger partial charge < -0.3 is 23.8 Å². The first-order valence-electron chi connectivity index (χ1n) is 10.2. The van der Waals surface area contributed by atoms with Crippen LogP contribution in [0.5, 0.6) is 0 Å². The molecule has 9 heteroatoms. The van der Waals surface area contributed by atoms with Crippen LogP contribution in [0, 0.1) is 13.8 Å². The maximum atomic E-state index is 12.7. The minimum absolute atomic E-state index is 0.0582. The number of aromatic nitrogens is 1. The van der Waals surface area contributed by atoms with Crippen molar-refractivity contribution in [3.63, 3.8) is 0 Å². The van der Waals surface area contributed by atoms with Gasteiger partial charge in [0.25, 0.3) is 5.91 Å². The van der Waals surface area contributed by atoms with Crippen molar-refractivity contribution in [2.24, 2.45) is 0 Å². The van der Waals surface area contributed by atoms with Crippen LogP contribution in [0.1, 0.15) is 49.1 Å². The van der Waals surface area contributed by atoms with Crippen molar-refractivity contribution in [2.75, 3.05) is 20.3 Å². The van der Waals surface area contributed by atoms with Gasteiger partial charge in [0.15, 0.2) is 12.4 Å². The predicted octanol–water partition coefficient (Wildman–Crippen LogP) is 3.02. The zero-order valence-corrected chi connectivity index (χ0v) is 18.5. The monoisotopic (exact) mass is 452 g/mol. The minimum Gasteiger partial charge on any atom is -0.465 e. The van der Waals surface area contributed by atoms with Crippen LogP contribution >= 0.6 is 0 Å². The molecule has 0 aliphatic rings. The molecule has 2 heterocycles. The predicted molar refractivity (Wildman–Crippen MR) is 118 cm³/mol. The largest absolute Gasteiger partial charge is 0.465 e. The highest BCUT2D eigenvalue weighted by Crippen LogP contribution is 2.22. The fourth-order valence-electron chi connectivity index (χ4n) is 3.38. The van der Waals surface area contributed by atoms with Crippen LogP contribution < -0.4 is 5.32 Å². The van der Waals surface area contributed by atoms with E-state index < -0.39 is 24.5 Å². The lowest BCUT2D eigenvalue weighted by Crippen LogP contribution is -2.26. The number of furan rings is 1. The van der Waals surface area contributed by atoms with Crippen LogP contribution in [0.15, 0.2) is 53.1 Å². The van der Waals surface area contributed by atoms with Gasteiger partial charge in [-0.05, 0) is 56.3 Å². The molecule has 0 aliphatic carbocycles. The number of hydrogen-bond donors (Lipinski definition) is 1. The standard InChI is InChI=1S/C24H24N2O7/c1-15-13-19(16(2)26(15)18-8-6-17(7-9-18)24(30)31-3)20(27)14-33-22(28)10-11-25-23(29)21-5-4-12-32-21/h4-9,12-13H,10-11,14H2,1-3H3,(H,25,29). The Labute approximate surface area is 190 Å². The van der Waals surface area contributed by atoms with Crippen LogP contribution in [-0.4, -0.2) is 48.5 Å². The molecule has 0 radical (unpaired) electrons. The number of nitrogens with one attached hydrogen (secondary N) is 1. The average Bonchev–Trinajstić information content (AvgIpc) is 3.45. The van der Waals surface area contributed by atoms with Gasteiger partial charge in [0.2, 0.25) is 5.78 Å². The van der Waals surface area contributed by atoms with E-state index in [-0.39, 0.29) is 24.5 Å². The fourth-order valence-corrected chi connectivity index (χ4v) is 3.38. The molecule has 0 fully saturated rings. The number of ether oxygens (including phenoxy) is 2. The highest BCUT2D eigenvalue weighted by atomic mass is 16.5. The van der Waals surface area contributed by atoms with Crippen molar-refractivity contribution in [3.05, 3.63) is 77.0 Å². The number of esters is 2. The lowest BCUT2D eigenvalue weighted by Gasteiger charge is -2.11. The number of aryl methyl sites for hydroxylation is 1. The molecule has 0 saturated heterocycles. The zero-order chi connectivity index (χ0) is 24.0. The number of ketones is 1. The molecule has 1 N–H and O–H groups in total. The second kappa shape index (κ2) is 10.4. The number of Topliss-reactive ketones (excluding diaryl/α,β-unsaturated/α-hetero) is 1. The first-order valence-corrected chi connectivity index (χ1v) is 10.2. The minimum atomic E-state index is -0.602. The summed E-state index contributed by atoms with van der Waals surface area (Å²) in [7, 11) is 1.32. The van der Waals surface area contributed by atoms with Gasteiger partial charge in [0, 0.05) is 29.2 Å². The normalized spacial score (nSPS) is 10.5. The van der Waals surface area contributed by atoms with E-state index >= 15 is 0 Å². The van der Waals surface area contributed by atoms with Crippen molar-refractivity contribution >= 4 is 23.6 Å². The number of methoxy groups -OCH3 is 1. The molecule has 1 aromatic carbocycles. The summed E-state index contributed by atoms with van der Waals surface area (Å²) in [5, 5.41) is 2.54. The van der Waals surface area contributed by atoms with E-state index in [1.165, 1.54) is 19.4 Å². The van der Waals surface area contributed by atoms with Gasteiger partial charge in [-0.3, -0.25) is 14.4 Å². The quantitative estimate of drug-likeness (QED) is 0.392. The maximum absolute atomic E-state index is 12.7. The summed E-state index contributed by atoms with van der Waals surface area (Å²) in [4.78, 5) is 48.0. The Morgan fingerprint density at radius 3 is 2.42 bits per heavy atom. The molecule has 3 aromatic rings. The van der Waals surface area contributed by atoms with Gasteiger partial charge in [0.05, 0.1) is 25.4 Å². The Balaban J connectivity index is 1.56. The van der Waals surface area contributed by atoms with Crippen LogP contribution in [-0.2, 0) is 14.3 Å². The van der Waals surface area contributed by atoms with Crippen LogP contribution in [0.25, 0.3) is 5.69 Å². The second-order valence-electron chi connectivity index (χ2n) is 7.23. The summed E-state index contributed by atoms with van der Waals surface area (Å²) in [6.45, 7) is 3.30. The van der Waals surface area contributed by atoms with Crippen molar-refractivity contribution in [1.82, 2.24) is 9.88 Å². The summed E-state index contributed by atoms with van der Waals surface area (Å²) in [6, 6.07) is 11.6. The Bertz CT molecular complexity index is 1160. The molecule has 0 saturated carbocycles. The van der Waals surface area contributed by atoms with E-state index in [2.05, 4.69) is 5.32 Å². The van der Waals surface area contributed by atoms with Gasteiger partial charge in [-0.1, -0.05) is 0 Å². The molecule has 0 bridgehead atoms. The molecule has 0 atom stereocenters. The van der Waals surface area contributed by atoms with Crippen molar-refractivity contribution in [1.29, 1.82) is 0 Å². The second-order valence-corrected chi connectivity index (χ2v) is 7.23. The third kappa shape index (κ3) is 5.57.